The first-order valence-electron chi connectivity index (χ1n) is 5.30. The van der Waals surface area contributed by atoms with E-state index in [4.69, 9.17) is 0 Å². The second-order valence-corrected chi connectivity index (χ2v) is 3.73. The van der Waals surface area contributed by atoms with Crippen molar-refractivity contribution in [3.63, 3.8) is 0 Å². The SMILES string of the molecule is Cl.Cl.O=C(Nc1ccncc1)C1CCCCN1. The van der Waals surface area contributed by atoms with Crippen LogP contribution in [0.1, 0.15) is 19.3 Å². The summed E-state index contributed by atoms with van der Waals surface area (Å²) in [6.45, 7) is 0.939. The van der Waals surface area contributed by atoms with Crippen LogP contribution in [0.25, 0.3) is 0 Å². The zero-order valence-corrected chi connectivity index (χ0v) is 11.0. The van der Waals surface area contributed by atoms with Crippen molar-refractivity contribution in [1.82, 2.24) is 10.3 Å². The number of piperidine rings is 1. The van der Waals surface area contributed by atoms with E-state index >= 15 is 0 Å². The molecule has 0 radical (unpaired) electrons. The summed E-state index contributed by atoms with van der Waals surface area (Å²) in [6.07, 6.45) is 6.56. The molecular weight excluding hydrogens is 261 g/mol. The molecule has 1 unspecified atom stereocenters. The minimum atomic E-state index is -0.0353. The summed E-state index contributed by atoms with van der Waals surface area (Å²) in [6, 6.07) is 3.55. The molecule has 1 aliphatic rings. The highest BCUT2D eigenvalue weighted by atomic mass is 35.5. The number of aromatic nitrogens is 1. The topological polar surface area (TPSA) is 54.0 Å². The van der Waals surface area contributed by atoms with E-state index < -0.39 is 0 Å². The van der Waals surface area contributed by atoms with E-state index in [9.17, 15) is 4.79 Å². The number of rotatable bonds is 2. The van der Waals surface area contributed by atoms with Gasteiger partial charge in [0.15, 0.2) is 0 Å². The first-order chi connectivity index (χ1) is 7.36. The Morgan fingerprint density at radius 2 is 2.00 bits per heavy atom. The number of halogens is 2. The molecule has 1 atom stereocenters. The third kappa shape index (κ3) is 4.89. The number of nitrogens with one attached hydrogen (secondary N) is 2. The van der Waals surface area contributed by atoms with Gasteiger partial charge in [-0.3, -0.25) is 9.78 Å². The van der Waals surface area contributed by atoms with E-state index in [1.165, 1.54) is 6.42 Å². The van der Waals surface area contributed by atoms with Gasteiger partial charge >= 0.3 is 0 Å². The summed E-state index contributed by atoms with van der Waals surface area (Å²) in [7, 11) is 0. The fourth-order valence-electron chi connectivity index (χ4n) is 1.74. The first-order valence-corrected chi connectivity index (χ1v) is 5.30. The maximum absolute atomic E-state index is 11.8. The van der Waals surface area contributed by atoms with Crippen LogP contribution in [0.15, 0.2) is 24.5 Å². The molecule has 0 saturated carbocycles. The van der Waals surface area contributed by atoms with Crippen molar-refractivity contribution in [2.75, 3.05) is 11.9 Å². The van der Waals surface area contributed by atoms with Gasteiger partial charge in [-0.25, -0.2) is 0 Å². The highest BCUT2D eigenvalue weighted by molar-refractivity contribution is 5.94. The third-order valence-electron chi connectivity index (χ3n) is 2.57. The summed E-state index contributed by atoms with van der Waals surface area (Å²) in [5.74, 6) is 0.0564. The maximum Gasteiger partial charge on any atom is 0.241 e. The molecule has 1 aliphatic heterocycles. The van der Waals surface area contributed by atoms with Crippen LogP contribution in [-0.2, 0) is 4.79 Å². The maximum atomic E-state index is 11.8. The van der Waals surface area contributed by atoms with Crippen LogP contribution in [0.3, 0.4) is 0 Å². The number of carbonyl (C=O) groups is 1. The first kappa shape index (κ1) is 16.2. The Kier molecular flexibility index (Phi) is 7.87. The lowest BCUT2D eigenvalue weighted by molar-refractivity contribution is -0.118. The molecule has 0 aliphatic carbocycles. The van der Waals surface area contributed by atoms with Crippen LogP contribution >= 0.6 is 24.8 Å². The predicted molar refractivity (Wildman–Crippen MR) is 73.0 cm³/mol. The van der Waals surface area contributed by atoms with Crippen molar-refractivity contribution in [2.24, 2.45) is 0 Å². The molecule has 0 bridgehead atoms. The fraction of sp³-hybridized carbons (Fsp3) is 0.455. The standard InChI is InChI=1S/C11H15N3O.2ClH/c15-11(10-3-1-2-6-13-10)14-9-4-7-12-8-5-9;;/h4-5,7-8,10,13H,1-3,6H2,(H,12,14,15);2*1H. The van der Waals surface area contributed by atoms with Crippen LogP contribution < -0.4 is 10.6 Å². The molecule has 17 heavy (non-hydrogen) atoms. The molecule has 1 fully saturated rings. The number of hydrogen-bond donors (Lipinski definition) is 2. The molecule has 4 nitrogen and oxygen atoms in total. The van der Waals surface area contributed by atoms with Crippen LogP contribution in [-0.4, -0.2) is 23.5 Å². The van der Waals surface area contributed by atoms with Gasteiger partial charge in [0.1, 0.15) is 0 Å². The van der Waals surface area contributed by atoms with E-state index in [1.54, 1.807) is 24.5 Å². The Balaban J connectivity index is 0.00000128. The average Bonchev–Trinajstić information content (AvgIpc) is 2.31. The molecule has 96 valence electrons. The van der Waals surface area contributed by atoms with Gasteiger partial charge in [-0.2, -0.15) is 0 Å². The number of amides is 1. The molecule has 2 rings (SSSR count). The monoisotopic (exact) mass is 277 g/mol. The summed E-state index contributed by atoms with van der Waals surface area (Å²) in [5.41, 5.74) is 0.808. The Hall–Kier alpha value is -0.840. The largest absolute Gasteiger partial charge is 0.325 e. The van der Waals surface area contributed by atoms with Crippen molar-refractivity contribution in [3.05, 3.63) is 24.5 Å². The highest BCUT2D eigenvalue weighted by Gasteiger charge is 2.20. The Labute approximate surface area is 113 Å². The zero-order valence-electron chi connectivity index (χ0n) is 9.39. The van der Waals surface area contributed by atoms with E-state index in [0.717, 1.165) is 25.1 Å². The molecule has 1 saturated heterocycles. The number of anilines is 1. The van der Waals surface area contributed by atoms with E-state index in [0.29, 0.717) is 0 Å². The van der Waals surface area contributed by atoms with Gasteiger partial charge in [0, 0.05) is 18.1 Å². The molecule has 1 aromatic rings. The van der Waals surface area contributed by atoms with Crippen molar-refractivity contribution in [1.29, 1.82) is 0 Å². The zero-order chi connectivity index (χ0) is 10.5. The van der Waals surface area contributed by atoms with Gasteiger partial charge in [0.2, 0.25) is 5.91 Å². The molecule has 0 aromatic carbocycles. The Morgan fingerprint density at radius 1 is 1.29 bits per heavy atom. The van der Waals surface area contributed by atoms with Crippen molar-refractivity contribution in [3.8, 4) is 0 Å². The van der Waals surface area contributed by atoms with Gasteiger partial charge in [-0.15, -0.1) is 24.8 Å². The van der Waals surface area contributed by atoms with Crippen molar-refractivity contribution in [2.45, 2.75) is 25.3 Å². The molecule has 2 N–H and O–H groups in total. The smallest absolute Gasteiger partial charge is 0.241 e. The summed E-state index contributed by atoms with van der Waals surface area (Å²) >= 11 is 0. The second kappa shape index (κ2) is 8.28. The van der Waals surface area contributed by atoms with E-state index in [2.05, 4.69) is 15.6 Å². The van der Waals surface area contributed by atoms with Gasteiger partial charge in [-0.05, 0) is 31.5 Å². The van der Waals surface area contributed by atoms with Crippen LogP contribution in [0.2, 0.25) is 0 Å². The van der Waals surface area contributed by atoms with Crippen molar-refractivity contribution >= 4 is 36.4 Å². The van der Waals surface area contributed by atoms with Gasteiger partial charge < -0.3 is 10.6 Å². The number of pyridine rings is 1. The Morgan fingerprint density at radius 3 is 2.59 bits per heavy atom. The fourth-order valence-corrected chi connectivity index (χ4v) is 1.74. The number of nitrogens with zero attached hydrogens (tertiary/aromatic N) is 1. The lowest BCUT2D eigenvalue weighted by atomic mass is 10.0. The molecule has 2 heterocycles. The molecule has 0 spiro atoms. The van der Waals surface area contributed by atoms with E-state index in [-0.39, 0.29) is 36.8 Å². The normalized spacial score (nSPS) is 18.5. The van der Waals surface area contributed by atoms with Gasteiger partial charge in [0.25, 0.3) is 0 Å². The number of hydrogen-bond acceptors (Lipinski definition) is 3. The quantitative estimate of drug-likeness (QED) is 0.870. The lowest BCUT2D eigenvalue weighted by Gasteiger charge is -2.22. The summed E-state index contributed by atoms with van der Waals surface area (Å²) in [5, 5.41) is 6.08. The Bertz CT molecular complexity index is 329. The second-order valence-electron chi connectivity index (χ2n) is 3.73. The van der Waals surface area contributed by atoms with Crippen LogP contribution in [0, 0.1) is 0 Å². The highest BCUT2D eigenvalue weighted by Crippen LogP contribution is 2.10. The summed E-state index contributed by atoms with van der Waals surface area (Å²) < 4.78 is 0. The van der Waals surface area contributed by atoms with Crippen LogP contribution in [0.5, 0.6) is 0 Å². The van der Waals surface area contributed by atoms with E-state index in [1.807, 2.05) is 0 Å². The number of carbonyl (C=O) groups excluding carboxylic acids is 1. The molecule has 1 aromatic heterocycles. The minimum absolute atomic E-state index is 0. The lowest BCUT2D eigenvalue weighted by Crippen LogP contribution is -2.43. The van der Waals surface area contributed by atoms with Gasteiger partial charge in [-0.1, -0.05) is 6.42 Å². The minimum Gasteiger partial charge on any atom is -0.325 e. The van der Waals surface area contributed by atoms with Crippen molar-refractivity contribution < 1.29 is 4.79 Å². The summed E-state index contributed by atoms with van der Waals surface area (Å²) in [4.78, 5) is 15.7. The predicted octanol–water partition coefficient (Wildman–Crippen LogP) is 2.01. The van der Waals surface area contributed by atoms with Gasteiger partial charge in [0.05, 0.1) is 6.04 Å². The molecule has 6 heteroatoms. The average molecular weight is 278 g/mol. The molecular formula is C11H17Cl2N3O. The third-order valence-corrected chi connectivity index (χ3v) is 2.57. The van der Waals surface area contributed by atoms with Crippen LogP contribution in [0.4, 0.5) is 5.69 Å². The molecule has 1 amide bonds.